The first-order valence-corrected chi connectivity index (χ1v) is 11.1. The number of nitrogens with zero attached hydrogens (tertiary/aromatic N) is 3. The third kappa shape index (κ3) is 3.79. The first-order valence-electron chi connectivity index (χ1n) is 10.3. The molecule has 3 aromatic rings. The van der Waals surface area contributed by atoms with Crippen molar-refractivity contribution in [3.8, 4) is 0 Å². The van der Waals surface area contributed by atoms with Gasteiger partial charge in [0.25, 0.3) is 0 Å². The molecule has 1 aliphatic carbocycles. The molecular formula is C23H26N4OS. The molecule has 6 heteroatoms. The fourth-order valence-corrected chi connectivity index (χ4v) is 5.41. The number of likely N-dealkylation sites (tertiary alicyclic amines) is 1. The smallest absolute Gasteiger partial charge is 0.228 e. The minimum atomic E-state index is 0.169. The van der Waals surface area contributed by atoms with E-state index in [0.29, 0.717) is 0 Å². The third-order valence-corrected chi connectivity index (χ3v) is 7.13. The van der Waals surface area contributed by atoms with Crippen LogP contribution in [0.1, 0.15) is 36.0 Å². The summed E-state index contributed by atoms with van der Waals surface area (Å²) in [6.45, 7) is 7.20. The summed E-state index contributed by atoms with van der Waals surface area (Å²) < 4.78 is 8.62. The zero-order valence-corrected chi connectivity index (χ0v) is 17.8. The van der Waals surface area contributed by atoms with E-state index >= 15 is 0 Å². The van der Waals surface area contributed by atoms with Crippen molar-refractivity contribution in [3.63, 3.8) is 0 Å². The highest BCUT2D eigenvalue weighted by Gasteiger charge is 2.58. The van der Waals surface area contributed by atoms with E-state index in [9.17, 15) is 4.79 Å². The predicted octanol–water partition coefficient (Wildman–Crippen LogP) is 4.55. The molecular weight excluding hydrogens is 380 g/mol. The molecule has 1 amide bonds. The topological polar surface area (TPSA) is 58.1 Å². The van der Waals surface area contributed by atoms with Crippen molar-refractivity contribution in [1.82, 2.24) is 13.6 Å². The first kappa shape index (κ1) is 18.7. The van der Waals surface area contributed by atoms with Gasteiger partial charge in [0.15, 0.2) is 0 Å². The number of piperidine rings is 1. The average molecular weight is 407 g/mol. The maximum absolute atomic E-state index is 12.8. The van der Waals surface area contributed by atoms with Crippen molar-refractivity contribution in [1.29, 1.82) is 0 Å². The van der Waals surface area contributed by atoms with Crippen molar-refractivity contribution < 1.29 is 4.79 Å². The van der Waals surface area contributed by atoms with E-state index in [1.807, 2.05) is 0 Å². The quantitative estimate of drug-likeness (QED) is 0.691. The summed E-state index contributed by atoms with van der Waals surface area (Å²) in [6, 6.07) is 12.6. The predicted molar refractivity (Wildman–Crippen MR) is 117 cm³/mol. The molecule has 1 N–H and O–H groups in total. The number of nitrogens with one attached hydrogen (secondary N) is 1. The van der Waals surface area contributed by atoms with E-state index in [1.54, 1.807) is 0 Å². The van der Waals surface area contributed by atoms with Crippen molar-refractivity contribution >= 4 is 34.4 Å². The van der Waals surface area contributed by atoms with Crippen LogP contribution in [0.5, 0.6) is 0 Å². The average Bonchev–Trinajstić information content (AvgIpc) is 3.17. The molecule has 1 atom stereocenters. The lowest BCUT2D eigenvalue weighted by molar-refractivity contribution is -0.118. The maximum atomic E-state index is 12.8. The molecule has 2 aromatic carbocycles. The second-order valence-corrected chi connectivity index (χ2v) is 9.38. The second kappa shape index (κ2) is 7.18. The van der Waals surface area contributed by atoms with Crippen LogP contribution in [-0.2, 0) is 11.3 Å². The van der Waals surface area contributed by atoms with Gasteiger partial charge in [-0.2, -0.15) is 8.75 Å². The summed E-state index contributed by atoms with van der Waals surface area (Å²) in [5.41, 5.74) is 6.79. The number of anilines is 1. The summed E-state index contributed by atoms with van der Waals surface area (Å²) in [4.78, 5) is 15.3. The third-order valence-electron chi connectivity index (χ3n) is 6.57. The first-order chi connectivity index (χ1) is 14.0. The van der Waals surface area contributed by atoms with Crippen molar-refractivity contribution in [2.24, 2.45) is 11.3 Å². The Labute approximate surface area is 175 Å². The largest absolute Gasteiger partial charge is 0.326 e. The van der Waals surface area contributed by atoms with Gasteiger partial charge in [-0.1, -0.05) is 12.1 Å². The number of carbonyl (C=O) groups is 1. The van der Waals surface area contributed by atoms with Crippen LogP contribution < -0.4 is 5.32 Å². The number of amides is 1. The van der Waals surface area contributed by atoms with E-state index in [1.165, 1.54) is 28.4 Å². The number of carbonyl (C=O) groups excluding carboxylic acids is 1. The van der Waals surface area contributed by atoms with E-state index in [4.69, 9.17) is 0 Å². The molecule has 29 heavy (non-hydrogen) atoms. The lowest BCUT2D eigenvalue weighted by Gasteiger charge is -2.32. The number of fused-ring (bicyclic) bond motifs is 1. The van der Waals surface area contributed by atoms with Gasteiger partial charge in [-0.25, -0.2) is 0 Å². The molecule has 0 radical (unpaired) electrons. The lowest BCUT2D eigenvalue weighted by Crippen LogP contribution is -2.35. The van der Waals surface area contributed by atoms with Gasteiger partial charge >= 0.3 is 0 Å². The van der Waals surface area contributed by atoms with Crippen molar-refractivity contribution in [3.05, 3.63) is 53.1 Å². The number of hydrogen-bond donors (Lipinski definition) is 1. The Morgan fingerprint density at radius 3 is 2.59 bits per heavy atom. The number of aryl methyl sites for hydroxylation is 2. The van der Waals surface area contributed by atoms with Gasteiger partial charge in [0.1, 0.15) is 11.0 Å². The summed E-state index contributed by atoms with van der Waals surface area (Å²) in [5, 5.41) is 3.16. The number of benzene rings is 2. The SMILES string of the molecule is Cc1cc(C)cc(NC(=O)C2CC23CCN(Cc2ccc4nsnc4c2)CC3)c1. The van der Waals surface area contributed by atoms with Gasteiger partial charge in [0, 0.05) is 18.2 Å². The Balaban J connectivity index is 1.17. The molecule has 1 aromatic heterocycles. The maximum Gasteiger partial charge on any atom is 0.228 e. The van der Waals surface area contributed by atoms with E-state index in [2.05, 4.69) is 69.2 Å². The Morgan fingerprint density at radius 1 is 1.10 bits per heavy atom. The molecule has 2 fully saturated rings. The van der Waals surface area contributed by atoms with Crippen LogP contribution in [0.15, 0.2) is 36.4 Å². The van der Waals surface area contributed by atoms with Crippen LogP contribution in [0.2, 0.25) is 0 Å². The number of aromatic nitrogens is 2. The number of hydrogen-bond acceptors (Lipinski definition) is 5. The molecule has 1 unspecified atom stereocenters. The molecule has 5 nitrogen and oxygen atoms in total. The fourth-order valence-electron chi connectivity index (χ4n) is 4.89. The molecule has 2 aliphatic rings. The van der Waals surface area contributed by atoms with Crippen molar-refractivity contribution in [2.45, 2.75) is 39.7 Å². The summed E-state index contributed by atoms with van der Waals surface area (Å²) in [7, 11) is 0. The van der Waals surface area contributed by atoms with E-state index in [-0.39, 0.29) is 17.2 Å². The van der Waals surface area contributed by atoms with Crippen LogP contribution in [0.25, 0.3) is 11.0 Å². The van der Waals surface area contributed by atoms with Crippen LogP contribution in [-0.4, -0.2) is 32.6 Å². The van der Waals surface area contributed by atoms with Gasteiger partial charge < -0.3 is 5.32 Å². The zero-order chi connectivity index (χ0) is 20.0. The van der Waals surface area contributed by atoms with Crippen LogP contribution >= 0.6 is 11.7 Å². The Hall–Kier alpha value is -2.31. The van der Waals surface area contributed by atoms with Crippen molar-refractivity contribution in [2.75, 3.05) is 18.4 Å². The van der Waals surface area contributed by atoms with E-state index < -0.39 is 0 Å². The normalized spacial score (nSPS) is 20.8. The van der Waals surface area contributed by atoms with Crippen LogP contribution in [0, 0.1) is 25.2 Å². The standard InChI is InChI=1S/C23H26N4OS/c1-15-9-16(2)11-18(10-15)24-22(28)19-13-23(19)5-7-27(8-6-23)14-17-3-4-20-21(12-17)26-29-25-20/h3-4,9-12,19H,5-8,13-14H2,1-2H3,(H,24,28). The molecule has 1 aliphatic heterocycles. The van der Waals surface area contributed by atoms with Gasteiger partial charge in [0.2, 0.25) is 5.91 Å². The van der Waals surface area contributed by atoms with Gasteiger partial charge in [-0.05, 0) is 92.6 Å². The Kier molecular flexibility index (Phi) is 4.63. The minimum Gasteiger partial charge on any atom is -0.326 e. The minimum absolute atomic E-state index is 0.169. The summed E-state index contributed by atoms with van der Waals surface area (Å²) >= 11 is 1.27. The van der Waals surface area contributed by atoms with Crippen LogP contribution in [0.4, 0.5) is 5.69 Å². The molecule has 1 spiro atoms. The highest BCUT2D eigenvalue weighted by molar-refractivity contribution is 7.00. The molecule has 2 heterocycles. The molecule has 0 bridgehead atoms. The molecule has 150 valence electrons. The highest BCUT2D eigenvalue weighted by atomic mass is 32.1. The van der Waals surface area contributed by atoms with Gasteiger partial charge in [0.05, 0.1) is 11.7 Å². The van der Waals surface area contributed by atoms with Crippen LogP contribution in [0.3, 0.4) is 0 Å². The fraction of sp³-hybridized carbons (Fsp3) is 0.435. The Bertz CT molecular complexity index is 1050. The molecule has 5 rings (SSSR count). The van der Waals surface area contributed by atoms with E-state index in [0.717, 1.165) is 55.6 Å². The van der Waals surface area contributed by atoms with Gasteiger partial charge in [-0.15, -0.1) is 0 Å². The zero-order valence-electron chi connectivity index (χ0n) is 16.9. The molecule has 1 saturated heterocycles. The Morgan fingerprint density at radius 2 is 1.83 bits per heavy atom. The summed E-state index contributed by atoms with van der Waals surface area (Å²) in [5.74, 6) is 0.368. The highest BCUT2D eigenvalue weighted by Crippen LogP contribution is 2.59. The second-order valence-electron chi connectivity index (χ2n) is 8.85. The molecule has 1 saturated carbocycles. The lowest BCUT2D eigenvalue weighted by atomic mass is 9.90. The number of rotatable bonds is 4. The monoisotopic (exact) mass is 406 g/mol. The van der Waals surface area contributed by atoms with Gasteiger partial charge in [-0.3, -0.25) is 9.69 Å². The summed E-state index contributed by atoms with van der Waals surface area (Å²) in [6.07, 6.45) is 3.25.